The van der Waals surface area contributed by atoms with Crippen molar-refractivity contribution in [2.24, 2.45) is 4.99 Å². The van der Waals surface area contributed by atoms with Gasteiger partial charge in [0, 0.05) is 5.56 Å². The Balaban J connectivity index is 1.56. The first-order chi connectivity index (χ1) is 13.2. The van der Waals surface area contributed by atoms with Crippen molar-refractivity contribution in [2.45, 2.75) is 13.5 Å². The summed E-state index contributed by atoms with van der Waals surface area (Å²) in [6.07, 6.45) is 1.70. The zero-order valence-electron chi connectivity index (χ0n) is 14.7. The number of rotatable bonds is 5. The number of hydrogen-bond acceptors (Lipinski definition) is 5. The molecule has 2 aromatic carbocycles. The van der Waals surface area contributed by atoms with Gasteiger partial charge in [-0.1, -0.05) is 54.1 Å². The van der Waals surface area contributed by atoms with Gasteiger partial charge in [-0.25, -0.2) is 9.79 Å². The van der Waals surface area contributed by atoms with Crippen LogP contribution in [0.2, 0.25) is 0 Å². The molecule has 3 aromatic rings. The van der Waals surface area contributed by atoms with E-state index in [2.05, 4.69) is 24.0 Å². The topological polar surface area (TPSA) is 47.9 Å². The van der Waals surface area contributed by atoms with E-state index in [0.29, 0.717) is 18.3 Å². The quantitative estimate of drug-likeness (QED) is 0.467. The maximum atomic E-state index is 12.2. The van der Waals surface area contributed by atoms with Crippen molar-refractivity contribution in [3.8, 4) is 5.75 Å². The largest absolute Gasteiger partial charge is 0.488 e. The summed E-state index contributed by atoms with van der Waals surface area (Å²) in [6.45, 7) is 2.51. The third kappa shape index (κ3) is 3.99. The molecule has 1 aliphatic heterocycles. The van der Waals surface area contributed by atoms with Crippen molar-refractivity contribution in [3.63, 3.8) is 0 Å². The Morgan fingerprint density at radius 1 is 1.07 bits per heavy atom. The first kappa shape index (κ1) is 17.2. The number of carbonyl (C=O) groups is 1. The number of nitrogens with zero attached hydrogens (tertiary/aromatic N) is 1. The van der Waals surface area contributed by atoms with E-state index in [-0.39, 0.29) is 5.70 Å². The van der Waals surface area contributed by atoms with Gasteiger partial charge >= 0.3 is 5.97 Å². The third-order valence-corrected chi connectivity index (χ3v) is 4.94. The standard InChI is InChI=1S/C22H17NO3S/c1-15-8-10-16(11-9-15)14-25-19-6-3-2-5-17(19)13-18-22(24)26-21(23-18)20-7-4-12-27-20/h2-13H,14H2,1H3/b18-13+. The Bertz CT molecular complexity index is 1020. The summed E-state index contributed by atoms with van der Waals surface area (Å²) in [6, 6.07) is 19.5. The van der Waals surface area contributed by atoms with Gasteiger partial charge in [-0.05, 0) is 36.1 Å². The smallest absolute Gasteiger partial charge is 0.363 e. The van der Waals surface area contributed by atoms with Crippen LogP contribution >= 0.6 is 11.3 Å². The molecule has 1 aliphatic rings. The van der Waals surface area contributed by atoms with Gasteiger partial charge in [0.25, 0.3) is 0 Å². The Morgan fingerprint density at radius 2 is 1.89 bits per heavy atom. The van der Waals surface area contributed by atoms with Crippen LogP contribution in [0.15, 0.2) is 76.7 Å². The minimum atomic E-state index is -0.452. The van der Waals surface area contributed by atoms with Gasteiger partial charge in [-0.2, -0.15) is 0 Å². The van der Waals surface area contributed by atoms with E-state index >= 15 is 0 Å². The second-order valence-corrected chi connectivity index (χ2v) is 7.07. The van der Waals surface area contributed by atoms with Crippen LogP contribution in [0.5, 0.6) is 5.75 Å². The van der Waals surface area contributed by atoms with Crippen molar-refractivity contribution in [3.05, 3.63) is 93.3 Å². The number of esters is 1. The highest BCUT2D eigenvalue weighted by Gasteiger charge is 2.25. The molecule has 4 nitrogen and oxygen atoms in total. The van der Waals surface area contributed by atoms with E-state index in [1.54, 1.807) is 6.08 Å². The van der Waals surface area contributed by atoms with Crippen molar-refractivity contribution >= 4 is 29.3 Å². The van der Waals surface area contributed by atoms with Gasteiger partial charge in [0.1, 0.15) is 12.4 Å². The molecular formula is C22H17NO3S. The van der Waals surface area contributed by atoms with Crippen LogP contribution in [-0.2, 0) is 16.1 Å². The lowest BCUT2D eigenvalue weighted by atomic mass is 10.1. The average Bonchev–Trinajstić information content (AvgIpc) is 3.33. The zero-order chi connectivity index (χ0) is 18.6. The number of thiophene rings is 1. The Hall–Kier alpha value is -3.18. The predicted octanol–water partition coefficient (Wildman–Crippen LogP) is 4.98. The zero-order valence-corrected chi connectivity index (χ0v) is 15.5. The number of benzene rings is 2. The normalized spacial score (nSPS) is 14.9. The molecule has 0 fully saturated rings. The first-order valence-electron chi connectivity index (χ1n) is 8.53. The highest BCUT2D eigenvalue weighted by Crippen LogP contribution is 2.26. The number of cyclic esters (lactones) is 1. The predicted molar refractivity (Wildman–Crippen MR) is 107 cm³/mol. The van der Waals surface area contributed by atoms with E-state index < -0.39 is 5.97 Å². The molecule has 0 unspecified atom stereocenters. The summed E-state index contributed by atoms with van der Waals surface area (Å²) in [4.78, 5) is 17.3. The first-order valence-corrected chi connectivity index (χ1v) is 9.41. The number of carbonyl (C=O) groups excluding carboxylic acids is 1. The third-order valence-electron chi connectivity index (χ3n) is 4.08. The Morgan fingerprint density at radius 3 is 2.67 bits per heavy atom. The molecule has 0 spiro atoms. The van der Waals surface area contributed by atoms with E-state index in [4.69, 9.17) is 9.47 Å². The number of para-hydroxylation sites is 1. The molecule has 0 radical (unpaired) electrons. The van der Waals surface area contributed by atoms with Crippen molar-refractivity contribution in [2.75, 3.05) is 0 Å². The van der Waals surface area contributed by atoms with Crippen LogP contribution in [0.4, 0.5) is 0 Å². The Kier molecular flexibility index (Phi) is 4.85. The van der Waals surface area contributed by atoms with Crippen molar-refractivity contribution in [1.29, 1.82) is 0 Å². The fraction of sp³-hybridized carbons (Fsp3) is 0.0909. The van der Waals surface area contributed by atoms with E-state index in [9.17, 15) is 4.79 Å². The van der Waals surface area contributed by atoms with Crippen LogP contribution in [-0.4, -0.2) is 11.9 Å². The summed E-state index contributed by atoms with van der Waals surface area (Å²) in [5, 5.41) is 1.92. The molecule has 0 atom stereocenters. The lowest BCUT2D eigenvalue weighted by Gasteiger charge is -2.09. The van der Waals surface area contributed by atoms with E-state index in [0.717, 1.165) is 16.0 Å². The molecule has 27 heavy (non-hydrogen) atoms. The SMILES string of the molecule is Cc1ccc(COc2ccccc2/C=C2/N=C(c3cccs3)OC2=O)cc1. The summed E-state index contributed by atoms with van der Waals surface area (Å²) in [5.41, 5.74) is 3.35. The minimum absolute atomic E-state index is 0.268. The number of aryl methyl sites for hydroxylation is 1. The van der Waals surface area contributed by atoms with Gasteiger partial charge in [0.2, 0.25) is 5.90 Å². The maximum absolute atomic E-state index is 12.2. The molecule has 0 saturated heterocycles. The summed E-state index contributed by atoms with van der Waals surface area (Å²) >= 11 is 1.48. The van der Waals surface area contributed by atoms with Gasteiger partial charge in [0.15, 0.2) is 5.70 Å². The second kappa shape index (κ2) is 7.60. The fourth-order valence-electron chi connectivity index (χ4n) is 2.64. The van der Waals surface area contributed by atoms with E-state index in [1.165, 1.54) is 16.9 Å². The molecule has 1 aromatic heterocycles. The number of aliphatic imine (C=N–C) groups is 1. The second-order valence-electron chi connectivity index (χ2n) is 6.13. The van der Waals surface area contributed by atoms with Crippen molar-refractivity contribution in [1.82, 2.24) is 0 Å². The highest BCUT2D eigenvalue weighted by atomic mass is 32.1. The molecule has 134 valence electrons. The molecular weight excluding hydrogens is 358 g/mol. The molecule has 0 amide bonds. The van der Waals surface area contributed by atoms with Gasteiger partial charge in [-0.15, -0.1) is 11.3 Å². The fourth-order valence-corrected chi connectivity index (χ4v) is 3.29. The molecule has 5 heteroatoms. The average molecular weight is 375 g/mol. The number of hydrogen-bond donors (Lipinski definition) is 0. The van der Waals surface area contributed by atoms with Gasteiger partial charge in [0.05, 0.1) is 4.88 Å². The van der Waals surface area contributed by atoms with Crippen LogP contribution in [0.3, 0.4) is 0 Å². The van der Waals surface area contributed by atoms with Crippen molar-refractivity contribution < 1.29 is 14.3 Å². The highest BCUT2D eigenvalue weighted by molar-refractivity contribution is 7.12. The molecule has 0 N–H and O–H groups in total. The maximum Gasteiger partial charge on any atom is 0.363 e. The molecule has 2 heterocycles. The van der Waals surface area contributed by atoms with Crippen LogP contribution in [0.1, 0.15) is 21.6 Å². The molecule has 0 saturated carbocycles. The van der Waals surface area contributed by atoms with Gasteiger partial charge < -0.3 is 9.47 Å². The molecule has 0 aliphatic carbocycles. The number of ether oxygens (including phenoxy) is 2. The lowest BCUT2D eigenvalue weighted by molar-refractivity contribution is -0.129. The van der Waals surface area contributed by atoms with E-state index in [1.807, 2.05) is 53.9 Å². The summed E-state index contributed by atoms with van der Waals surface area (Å²) < 4.78 is 11.2. The summed E-state index contributed by atoms with van der Waals surface area (Å²) in [7, 11) is 0. The Labute approximate surface area is 161 Å². The lowest BCUT2D eigenvalue weighted by Crippen LogP contribution is -2.03. The minimum Gasteiger partial charge on any atom is -0.488 e. The molecule has 0 bridgehead atoms. The van der Waals surface area contributed by atoms with Crippen LogP contribution in [0, 0.1) is 6.92 Å². The summed E-state index contributed by atoms with van der Waals surface area (Å²) in [5.74, 6) is 0.587. The van der Waals surface area contributed by atoms with Crippen LogP contribution in [0.25, 0.3) is 6.08 Å². The monoisotopic (exact) mass is 375 g/mol. The van der Waals surface area contributed by atoms with Gasteiger partial charge in [-0.3, -0.25) is 0 Å². The molecule has 4 rings (SSSR count). The van der Waals surface area contributed by atoms with Crippen LogP contribution < -0.4 is 4.74 Å².